The second kappa shape index (κ2) is 8.90. The van der Waals surface area contributed by atoms with E-state index in [0.29, 0.717) is 34.8 Å². The molecule has 0 radical (unpaired) electrons. The molecule has 0 saturated carbocycles. The van der Waals surface area contributed by atoms with Gasteiger partial charge in [-0.3, -0.25) is 4.79 Å². The van der Waals surface area contributed by atoms with Gasteiger partial charge in [0.25, 0.3) is 0 Å². The van der Waals surface area contributed by atoms with Crippen molar-refractivity contribution >= 4 is 11.0 Å². The molecule has 2 aromatic carbocycles. The molecule has 1 N–H and O–H groups in total. The predicted molar refractivity (Wildman–Crippen MR) is 116 cm³/mol. The van der Waals surface area contributed by atoms with Crippen molar-refractivity contribution in [2.75, 3.05) is 33.4 Å². The Labute approximate surface area is 175 Å². The number of hydrogen-bond donors (Lipinski definition) is 1. The zero-order valence-electron chi connectivity index (χ0n) is 17.4. The molecule has 1 aromatic heterocycles. The van der Waals surface area contributed by atoms with Crippen molar-refractivity contribution in [1.82, 2.24) is 4.90 Å². The lowest BCUT2D eigenvalue weighted by Gasteiger charge is -2.19. The summed E-state index contributed by atoms with van der Waals surface area (Å²) in [6.45, 7) is 4.92. The molecule has 6 nitrogen and oxygen atoms in total. The lowest BCUT2D eigenvalue weighted by Crippen LogP contribution is -2.33. The lowest BCUT2D eigenvalue weighted by molar-refractivity contribution is 0.0758. The number of nitrogens with zero attached hydrogens (tertiary/aromatic N) is 1. The van der Waals surface area contributed by atoms with Crippen LogP contribution in [-0.2, 0) is 0 Å². The number of ether oxygens (including phenoxy) is 2. The highest BCUT2D eigenvalue weighted by Gasteiger charge is 2.16. The van der Waals surface area contributed by atoms with Crippen molar-refractivity contribution in [1.29, 1.82) is 0 Å². The van der Waals surface area contributed by atoms with Crippen LogP contribution in [0.15, 0.2) is 51.7 Å². The van der Waals surface area contributed by atoms with Gasteiger partial charge in [-0.05, 0) is 74.8 Å². The summed E-state index contributed by atoms with van der Waals surface area (Å²) in [5, 5.41) is 10.6. The van der Waals surface area contributed by atoms with Crippen molar-refractivity contribution in [2.24, 2.45) is 0 Å². The first-order chi connectivity index (χ1) is 14.5. The molecule has 1 aliphatic rings. The highest BCUT2D eigenvalue weighted by molar-refractivity contribution is 5.85. The van der Waals surface area contributed by atoms with Crippen LogP contribution < -0.4 is 14.9 Å². The van der Waals surface area contributed by atoms with E-state index in [0.717, 1.165) is 24.2 Å². The number of β-amino-alcohol motifs (C(OH)–C–C–N with tert-alkyl or cyclic N) is 1. The molecular formula is C24H27NO5. The summed E-state index contributed by atoms with van der Waals surface area (Å²) in [7, 11) is 1.54. The number of benzene rings is 2. The Kier molecular flexibility index (Phi) is 6.06. The van der Waals surface area contributed by atoms with Crippen LogP contribution in [-0.4, -0.2) is 49.5 Å². The second-order valence-corrected chi connectivity index (χ2v) is 7.81. The van der Waals surface area contributed by atoms with E-state index in [1.807, 2.05) is 43.3 Å². The highest BCUT2D eigenvalue weighted by atomic mass is 16.5. The van der Waals surface area contributed by atoms with Crippen LogP contribution in [0.3, 0.4) is 0 Å². The van der Waals surface area contributed by atoms with Crippen molar-refractivity contribution in [3.05, 3.63) is 58.3 Å². The van der Waals surface area contributed by atoms with Crippen LogP contribution in [0.4, 0.5) is 0 Å². The molecule has 0 bridgehead atoms. The second-order valence-electron chi connectivity index (χ2n) is 7.81. The summed E-state index contributed by atoms with van der Waals surface area (Å²) in [6, 6.07) is 12.5. The number of aryl methyl sites for hydroxylation is 1. The van der Waals surface area contributed by atoms with Crippen LogP contribution >= 0.6 is 0 Å². The predicted octanol–water partition coefficient (Wildman–Crippen LogP) is 3.61. The van der Waals surface area contributed by atoms with Gasteiger partial charge in [-0.2, -0.15) is 0 Å². The zero-order valence-corrected chi connectivity index (χ0v) is 17.4. The number of aliphatic hydroxyl groups is 1. The van der Waals surface area contributed by atoms with Gasteiger partial charge in [0.2, 0.25) is 0 Å². The topological polar surface area (TPSA) is 72.1 Å². The molecular weight excluding hydrogens is 382 g/mol. The minimum absolute atomic E-state index is 0.145. The SMILES string of the molecule is COc1cc(C)cc2oc(-c3ccc(OCC(O)CN4CCCC4)cc3)cc(=O)c12. The van der Waals surface area contributed by atoms with Crippen LogP contribution in [0, 0.1) is 6.92 Å². The molecule has 1 saturated heterocycles. The molecule has 1 fully saturated rings. The summed E-state index contributed by atoms with van der Waals surface area (Å²) in [4.78, 5) is 14.9. The summed E-state index contributed by atoms with van der Waals surface area (Å²) in [6.07, 6.45) is 1.89. The third-order valence-corrected chi connectivity index (χ3v) is 5.41. The number of rotatable bonds is 7. The number of hydrogen-bond acceptors (Lipinski definition) is 6. The third kappa shape index (κ3) is 4.50. The monoisotopic (exact) mass is 409 g/mol. The molecule has 3 aromatic rings. The summed E-state index contributed by atoms with van der Waals surface area (Å²) < 4.78 is 17.1. The van der Waals surface area contributed by atoms with Gasteiger partial charge in [0.1, 0.15) is 40.9 Å². The molecule has 1 atom stereocenters. The number of fused-ring (bicyclic) bond motifs is 1. The van der Waals surface area contributed by atoms with Gasteiger partial charge in [-0.1, -0.05) is 0 Å². The maximum absolute atomic E-state index is 12.7. The van der Waals surface area contributed by atoms with E-state index in [9.17, 15) is 9.90 Å². The minimum Gasteiger partial charge on any atom is -0.496 e. The Morgan fingerprint density at radius 2 is 1.87 bits per heavy atom. The molecule has 2 heterocycles. The first-order valence-corrected chi connectivity index (χ1v) is 10.3. The molecule has 6 heteroatoms. The van der Waals surface area contributed by atoms with E-state index in [-0.39, 0.29) is 12.0 Å². The van der Waals surface area contributed by atoms with E-state index < -0.39 is 6.10 Å². The van der Waals surface area contributed by atoms with Gasteiger partial charge < -0.3 is 23.9 Å². The Morgan fingerprint density at radius 1 is 1.13 bits per heavy atom. The van der Waals surface area contributed by atoms with E-state index in [1.165, 1.54) is 18.9 Å². The van der Waals surface area contributed by atoms with E-state index in [1.54, 1.807) is 7.11 Å². The molecule has 30 heavy (non-hydrogen) atoms. The van der Waals surface area contributed by atoms with E-state index in [2.05, 4.69) is 4.90 Å². The number of methoxy groups -OCH3 is 1. The van der Waals surface area contributed by atoms with Gasteiger partial charge in [0.05, 0.1) is 7.11 Å². The van der Waals surface area contributed by atoms with E-state index in [4.69, 9.17) is 13.9 Å². The summed E-state index contributed by atoms with van der Waals surface area (Å²) in [5.41, 5.74) is 2.09. The molecule has 4 rings (SSSR count). The molecule has 0 spiro atoms. The Morgan fingerprint density at radius 3 is 2.57 bits per heavy atom. The Bertz CT molecular complexity index is 1070. The van der Waals surface area contributed by atoms with E-state index >= 15 is 0 Å². The third-order valence-electron chi connectivity index (χ3n) is 5.41. The number of likely N-dealkylation sites (tertiary alicyclic amines) is 1. The average Bonchev–Trinajstić information content (AvgIpc) is 3.24. The van der Waals surface area contributed by atoms with Gasteiger partial charge in [-0.15, -0.1) is 0 Å². The molecule has 1 aliphatic heterocycles. The summed E-state index contributed by atoms with van der Waals surface area (Å²) in [5.74, 6) is 1.67. The smallest absolute Gasteiger partial charge is 0.197 e. The number of aliphatic hydroxyl groups excluding tert-OH is 1. The van der Waals surface area contributed by atoms with Crippen LogP contribution in [0.2, 0.25) is 0 Å². The van der Waals surface area contributed by atoms with Gasteiger partial charge in [-0.25, -0.2) is 0 Å². The fraction of sp³-hybridized carbons (Fsp3) is 0.375. The van der Waals surface area contributed by atoms with Crippen LogP contribution in [0.25, 0.3) is 22.3 Å². The Hall–Kier alpha value is -2.83. The fourth-order valence-electron chi connectivity index (χ4n) is 3.91. The van der Waals surface area contributed by atoms with Crippen LogP contribution in [0.1, 0.15) is 18.4 Å². The standard InChI is InChI=1S/C24H27NO5/c1-16-11-22(28-2)24-20(27)13-21(30-23(24)12-16)17-5-7-19(8-6-17)29-15-18(26)14-25-9-3-4-10-25/h5-8,11-13,18,26H,3-4,9-10,14-15H2,1-2H3. The Balaban J connectivity index is 1.48. The van der Waals surface area contributed by atoms with Gasteiger partial charge in [0, 0.05) is 18.2 Å². The lowest BCUT2D eigenvalue weighted by atomic mass is 10.1. The van der Waals surface area contributed by atoms with Crippen LogP contribution in [0.5, 0.6) is 11.5 Å². The molecule has 0 aliphatic carbocycles. The maximum atomic E-state index is 12.7. The largest absolute Gasteiger partial charge is 0.496 e. The first kappa shape index (κ1) is 20.4. The zero-order chi connectivity index (χ0) is 21.1. The van der Waals surface area contributed by atoms with Crippen molar-refractivity contribution in [2.45, 2.75) is 25.9 Å². The minimum atomic E-state index is -0.514. The average molecular weight is 409 g/mol. The maximum Gasteiger partial charge on any atom is 0.197 e. The molecule has 1 unspecified atom stereocenters. The summed E-state index contributed by atoms with van der Waals surface area (Å²) >= 11 is 0. The van der Waals surface area contributed by atoms with Crippen molar-refractivity contribution < 1.29 is 19.0 Å². The highest BCUT2D eigenvalue weighted by Crippen LogP contribution is 2.29. The van der Waals surface area contributed by atoms with Crippen molar-refractivity contribution in [3.63, 3.8) is 0 Å². The van der Waals surface area contributed by atoms with Crippen molar-refractivity contribution in [3.8, 4) is 22.8 Å². The van der Waals surface area contributed by atoms with Gasteiger partial charge >= 0.3 is 0 Å². The quantitative estimate of drug-likeness (QED) is 0.643. The molecule has 158 valence electrons. The normalized spacial score (nSPS) is 15.4. The first-order valence-electron chi connectivity index (χ1n) is 10.3. The molecule has 0 amide bonds. The van der Waals surface area contributed by atoms with Gasteiger partial charge in [0.15, 0.2) is 5.43 Å². The fourth-order valence-corrected chi connectivity index (χ4v) is 3.91.